The molecular weight excluding hydrogens is 376 g/mol. The van der Waals surface area contributed by atoms with Crippen LogP contribution in [0, 0.1) is 10.6 Å². The summed E-state index contributed by atoms with van der Waals surface area (Å²) in [5.41, 5.74) is 5.59. The average molecular weight is 392 g/mol. The van der Waals surface area contributed by atoms with E-state index in [0.717, 1.165) is 28.5 Å². The quantitative estimate of drug-likeness (QED) is 0.241. The number of rotatable bonds is 0. The molecule has 2 nitrogen and oxygen atoms in total. The molecule has 0 aliphatic heterocycles. The van der Waals surface area contributed by atoms with Crippen LogP contribution in [0.25, 0.3) is 55.5 Å². The van der Waals surface area contributed by atoms with Crippen molar-refractivity contribution in [3.63, 3.8) is 0 Å². The number of benzene rings is 5. The van der Waals surface area contributed by atoms with E-state index in [9.17, 15) is 0 Å². The van der Waals surface area contributed by atoms with Crippen LogP contribution in [-0.4, -0.2) is 9.97 Å². The predicted octanol–water partition coefficient (Wildman–Crippen LogP) is 5.81. The lowest BCUT2D eigenvalue weighted by Crippen LogP contribution is -2.09. The average Bonchev–Trinajstić information content (AvgIpc) is 3.30. The van der Waals surface area contributed by atoms with Crippen molar-refractivity contribution in [2.75, 3.05) is 0 Å². The van der Waals surface area contributed by atoms with Gasteiger partial charge in [0.1, 0.15) is 0 Å². The summed E-state index contributed by atoms with van der Waals surface area (Å²) < 4.78 is 0. The van der Waals surface area contributed by atoms with E-state index < -0.39 is 0 Å². The molecule has 0 N–H and O–H groups in total. The molecule has 0 bridgehead atoms. The first kappa shape index (κ1) is 15.8. The number of hydrogen-bond acceptors (Lipinski definition) is 2. The van der Waals surface area contributed by atoms with Gasteiger partial charge in [0, 0.05) is 17.2 Å². The van der Waals surface area contributed by atoms with E-state index in [1.807, 2.05) is 0 Å². The molecule has 2 aliphatic carbocycles. The zero-order chi connectivity index (χ0) is 20.1. The van der Waals surface area contributed by atoms with Crippen molar-refractivity contribution in [1.29, 1.82) is 0 Å². The van der Waals surface area contributed by atoms with Gasteiger partial charge in [0.2, 0.25) is 0 Å². The molecule has 5 aromatic carbocycles. The van der Waals surface area contributed by atoms with Crippen LogP contribution in [0.15, 0.2) is 72.8 Å². The Morgan fingerprint density at radius 2 is 1.52 bits per heavy atom. The Labute approximate surface area is 177 Å². The van der Waals surface area contributed by atoms with Gasteiger partial charge < -0.3 is 0 Å². The Kier molecular flexibility index (Phi) is 2.72. The summed E-state index contributed by atoms with van der Waals surface area (Å²) in [6.07, 6.45) is 7.21. The van der Waals surface area contributed by atoms with Gasteiger partial charge in [0.15, 0.2) is 0 Å². The third kappa shape index (κ3) is 1.88. The van der Waals surface area contributed by atoms with Crippen molar-refractivity contribution < 1.29 is 0 Å². The fourth-order valence-corrected chi connectivity index (χ4v) is 5.69. The molecule has 31 heavy (non-hydrogen) atoms. The van der Waals surface area contributed by atoms with E-state index in [2.05, 4.69) is 85.0 Å². The summed E-state index contributed by atoms with van der Waals surface area (Å²) in [5, 5.41) is 11.4. The second-order valence-electron chi connectivity index (χ2n) is 8.58. The van der Waals surface area contributed by atoms with Crippen LogP contribution in [-0.2, 0) is 6.42 Å². The lowest BCUT2D eigenvalue weighted by atomic mass is 9.87. The lowest BCUT2D eigenvalue weighted by molar-refractivity contribution is 1.03. The summed E-state index contributed by atoms with van der Waals surface area (Å²) in [7, 11) is 0. The maximum atomic E-state index is 5.23. The molecule has 0 amide bonds. The number of allylic oxidation sites excluding steroid dienone is 1. The third-order valence-electron chi connectivity index (χ3n) is 6.98. The van der Waals surface area contributed by atoms with Gasteiger partial charge in [-0.1, -0.05) is 78.9 Å². The topological polar surface area (TPSA) is 25.8 Å². The standard InChI is InChI=1S/C29H16N2/c1-5-16-13-14-23-28(19(16)9-1)31-24-15-18-8-4-11-21-20-10-2-6-17-7-3-12-22(25(17)20)27(26(18)21)29(24)30-23/h1-14H,15H2. The first-order chi connectivity index (χ1) is 15.4. The van der Waals surface area contributed by atoms with Crippen molar-refractivity contribution >= 4 is 55.5 Å². The second-order valence-corrected chi connectivity index (χ2v) is 8.58. The van der Waals surface area contributed by atoms with E-state index in [-0.39, 0.29) is 0 Å². The molecule has 2 aliphatic rings. The van der Waals surface area contributed by atoms with Crippen molar-refractivity contribution in [3.05, 3.63) is 105 Å². The van der Waals surface area contributed by atoms with Crippen LogP contribution in [0.1, 0.15) is 16.8 Å². The minimum atomic E-state index is 0.820. The Hall–Kier alpha value is -4.04. The molecule has 6 aromatic rings. The molecule has 1 aromatic heterocycles. The van der Waals surface area contributed by atoms with E-state index in [0.29, 0.717) is 0 Å². The maximum absolute atomic E-state index is 5.23. The van der Waals surface area contributed by atoms with Crippen LogP contribution in [0.3, 0.4) is 0 Å². The summed E-state index contributed by atoms with van der Waals surface area (Å²) in [5.74, 6) is 0. The normalized spacial score (nSPS) is 13.8. The van der Waals surface area contributed by atoms with E-state index in [1.165, 1.54) is 53.9 Å². The van der Waals surface area contributed by atoms with Gasteiger partial charge in [0.05, 0.1) is 22.1 Å². The van der Waals surface area contributed by atoms with Crippen molar-refractivity contribution in [2.45, 2.75) is 6.42 Å². The molecule has 0 saturated carbocycles. The fraction of sp³-hybridized carbons (Fsp3) is 0.0345. The van der Waals surface area contributed by atoms with Gasteiger partial charge in [-0.05, 0) is 49.2 Å². The monoisotopic (exact) mass is 392 g/mol. The fourth-order valence-electron chi connectivity index (χ4n) is 5.69. The lowest BCUT2D eigenvalue weighted by Gasteiger charge is -2.18. The van der Waals surface area contributed by atoms with E-state index in [4.69, 9.17) is 9.97 Å². The Bertz CT molecular complexity index is 1960. The number of hydrogen-bond donors (Lipinski definition) is 0. The molecular formula is C29H16N2. The number of aromatic nitrogens is 2. The van der Waals surface area contributed by atoms with Crippen LogP contribution in [0.2, 0.25) is 0 Å². The highest BCUT2D eigenvalue weighted by Crippen LogP contribution is 2.38. The van der Waals surface area contributed by atoms with Crippen LogP contribution >= 0.6 is 0 Å². The summed E-state index contributed by atoms with van der Waals surface area (Å²) >= 11 is 0. The molecule has 8 rings (SSSR count). The highest BCUT2D eigenvalue weighted by molar-refractivity contribution is 6.22. The minimum absolute atomic E-state index is 0.820. The van der Waals surface area contributed by atoms with Gasteiger partial charge in [-0.15, -0.1) is 0 Å². The Morgan fingerprint density at radius 1 is 0.710 bits per heavy atom. The SMILES string of the molecule is C1=Cc2c(ccc3nc4c(nc23)Cc2cccc3c2c=4c2cccc4cccc3c42)=C1. The first-order valence-corrected chi connectivity index (χ1v) is 10.7. The smallest absolute Gasteiger partial charge is 0.0969 e. The van der Waals surface area contributed by atoms with E-state index in [1.54, 1.807) is 0 Å². The predicted molar refractivity (Wildman–Crippen MR) is 128 cm³/mol. The maximum Gasteiger partial charge on any atom is 0.0969 e. The second kappa shape index (κ2) is 5.35. The largest absolute Gasteiger partial charge is 0.248 e. The highest BCUT2D eigenvalue weighted by atomic mass is 14.8. The minimum Gasteiger partial charge on any atom is -0.248 e. The van der Waals surface area contributed by atoms with Gasteiger partial charge in [-0.25, -0.2) is 9.97 Å². The van der Waals surface area contributed by atoms with Crippen LogP contribution in [0.4, 0.5) is 0 Å². The number of nitrogens with zero attached hydrogens (tertiary/aromatic N) is 2. The van der Waals surface area contributed by atoms with Crippen LogP contribution < -0.4 is 5.22 Å². The molecule has 0 saturated heterocycles. The molecule has 0 spiro atoms. The Morgan fingerprint density at radius 3 is 2.42 bits per heavy atom. The number of fused-ring (bicyclic) bond motifs is 6. The van der Waals surface area contributed by atoms with Gasteiger partial charge in [-0.3, -0.25) is 0 Å². The summed E-state index contributed by atoms with van der Waals surface area (Å²) in [6, 6.07) is 24.2. The third-order valence-corrected chi connectivity index (χ3v) is 6.98. The molecule has 0 unspecified atom stereocenters. The van der Waals surface area contributed by atoms with Crippen LogP contribution in [0.5, 0.6) is 0 Å². The first-order valence-electron chi connectivity index (χ1n) is 10.7. The zero-order valence-electron chi connectivity index (χ0n) is 16.7. The van der Waals surface area contributed by atoms with Crippen molar-refractivity contribution in [3.8, 4) is 0 Å². The molecule has 0 fully saturated rings. The van der Waals surface area contributed by atoms with Gasteiger partial charge >= 0.3 is 0 Å². The molecule has 0 atom stereocenters. The highest BCUT2D eigenvalue weighted by Gasteiger charge is 2.20. The molecule has 2 heteroatoms. The molecule has 0 radical (unpaired) electrons. The Balaban J connectivity index is 1.74. The van der Waals surface area contributed by atoms with Gasteiger partial charge in [0.25, 0.3) is 0 Å². The van der Waals surface area contributed by atoms with E-state index >= 15 is 0 Å². The van der Waals surface area contributed by atoms with Gasteiger partial charge in [-0.2, -0.15) is 0 Å². The molecule has 1 heterocycles. The summed E-state index contributed by atoms with van der Waals surface area (Å²) in [6.45, 7) is 0. The zero-order valence-corrected chi connectivity index (χ0v) is 16.7. The van der Waals surface area contributed by atoms with Crippen molar-refractivity contribution in [2.24, 2.45) is 0 Å². The summed E-state index contributed by atoms with van der Waals surface area (Å²) in [4.78, 5) is 10.4. The molecule has 142 valence electrons. The van der Waals surface area contributed by atoms with Crippen molar-refractivity contribution in [1.82, 2.24) is 9.97 Å².